The Labute approximate surface area is 107 Å². The van der Waals surface area contributed by atoms with Crippen LogP contribution in [0, 0.1) is 0 Å². The zero-order valence-corrected chi connectivity index (χ0v) is 11.9. The molecule has 2 nitrogen and oxygen atoms in total. The van der Waals surface area contributed by atoms with E-state index in [2.05, 4.69) is 64.4 Å². The van der Waals surface area contributed by atoms with Crippen molar-refractivity contribution in [3.05, 3.63) is 34.3 Å². The van der Waals surface area contributed by atoms with Crippen molar-refractivity contribution in [2.75, 3.05) is 27.2 Å². The second-order valence-corrected chi connectivity index (χ2v) is 4.98. The number of benzene rings is 1. The maximum atomic E-state index is 3.53. The summed E-state index contributed by atoms with van der Waals surface area (Å²) >= 11 is 3.53. The molecular formula is C13H21BrN2. The Hall–Kier alpha value is -0.380. The van der Waals surface area contributed by atoms with Gasteiger partial charge in [0, 0.05) is 23.6 Å². The summed E-state index contributed by atoms with van der Waals surface area (Å²) in [6.07, 6.45) is 1.14. The van der Waals surface area contributed by atoms with Crippen LogP contribution in [0.5, 0.6) is 0 Å². The molecule has 0 bridgehead atoms. The fourth-order valence-electron chi connectivity index (χ4n) is 1.96. The standard InChI is InChI=1S/C13H21BrN2/c1-4-13(16(3)9-8-15-2)11-6-5-7-12(14)10-11/h5-7,10,13,15H,4,8-9H2,1-3H3. The van der Waals surface area contributed by atoms with Crippen LogP contribution in [0.25, 0.3) is 0 Å². The van der Waals surface area contributed by atoms with Crippen molar-refractivity contribution in [2.45, 2.75) is 19.4 Å². The molecule has 0 heterocycles. The molecule has 0 aromatic heterocycles. The molecule has 0 aliphatic rings. The smallest absolute Gasteiger partial charge is 0.0343 e. The second-order valence-electron chi connectivity index (χ2n) is 4.06. The van der Waals surface area contributed by atoms with Gasteiger partial charge in [-0.3, -0.25) is 4.90 Å². The molecule has 0 saturated heterocycles. The lowest BCUT2D eigenvalue weighted by atomic mass is 10.0. The lowest BCUT2D eigenvalue weighted by Crippen LogP contribution is -2.30. The fourth-order valence-corrected chi connectivity index (χ4v) is 2.38. The molecule has 3 heteroatoms. The van der Waals surface area contributed by atoms with Gasteiger partial charge in [-0.15, -0.1) is 0 Å². The molecule has 0 saturated carbocycles. The van der Waals surface area contributed by atoms with E-state index < -0.39 is 0 Å². The first-order valence-corrected chi connectivity index (χ1v) is 6.58. The van der Waals surface area contributed by atoms with Gasteiger partial charge >= 0.3 is 0 Å². The van der Waals surface area contributed by atoms with Crippen LogP contribution >= 0.6 is 15.9 Å². The van der Waals surface area contributed by atoms with Gasteiger partial charge in [-0.2, -0.15) is 0 Å². The fraction of sp³-hybridized carbons (Fsp3) is 0.538. The van der Waals surface area contributed by atoms with Crippen LogP contribution in [0.2, 0.25) is 0 Å². The van der Waals surface area contributed by atoms with Gasteiger partial charge in [0.25, 0.3) is 0 Å². The van der Waals surface area contributed by atoms with Crippen molar-refractivity contribution in [3.8, 4) is 0 Å². The third kappa shape index (κ3) is 3.89. The first-order valence-electron chi connectivity index (χ1n) is 5.79. The normalized spacial score (nSPS) is 13.1. The molecule has 0 aliphatic carbocycles. The lowest BCUT2D eigenvalue weighted by Gasteiger charge is -2.27. The minimum absolute atomic E-state index is 0.505. The van der Waals surface area contributed by atoms with Crippen LogP contribution in [0.3, 0.4) is 0 Å². The Bertz CT molecular complexity index is 315. The molecule has 16 heavy (non-hydrogen) atoms. The molecule has 1 N–H and O–H groups in total. The van der Waals surface area contributed by atoms with Crippen molar-refractivity contribution in [1.82, 2.24) is 10.2 Å². The SMILES string of the molecule is CCC(c1cccc(Br)c1)N(C)CCNC. The summed E-state index contributed by atoms with van der Waals surface area (Å²) in [5, 5.41) is 3.19. The molecule has 1 aromatic rings. The number of hydrogen-bond donors (Lipinski definition) is 1. The molecule has 0 aliphatic heterocycles. The Morgan fingerprint density at radius 1 is 1.44 bits per heavy atom. The first-order chi connectivity index (χ1) is 7.69. The summed E-state index contributed by atoms with van der Waals surface area (Å²) in [7, 11) is 4.18. The maximum absolute atomic E-state index is 3.53. The van der Waals surface area contributed by atoms with E-state index in [-0.39, 0.29) is 0 Å². The summed E-state index contributed by atoms with van der Waals surface area (Å²) in [5.74, 6) is 0. The molecule has 1 rings (SSSR count). The zero-order valence-electron chi connectivity index (χ0n) is 10.3. The first kappa shape index (κ1) is 13.7. The number of hydrogen-bond acceptors (Lipinski definition) is 2. The van der Waals surface area contributed by atoms with E-state index in [1.54, 1.807) is 0 Å². The summed E-state index contributed by atoms with van der Waals surface area (Å²) < 4.78 is 1.16. The molecule has 1 unspecified atom stereocenters. The maximum Gasteiger partial charge on any atom is 0.0343 e. The van der Waals surface area contributed by atoms with Crippen molar-refractivity contribution < 1.29 is 0 Å². The minimum Gasteiger partial charge on any atom is -0.318 e. The summed E-state index contributed by atoms with van der Waals surface area (Å²) in [5.41, 5.74) is 1.38. The third-order valence-corrected chi connectivity index (χ3v) is 3.36. The van der Waals surface area contributed by atoms with Gasteiger partial charge in [0.2, 0.25) is 0 Å². The lowest BCUT2D eigenvalue weighted by molar-refractivity contribution is 0.240. The number of halogens is 1. The van der Waals surface area contributed by atoms with Gasteiger partial charge in [0.05, 0.1) is 0 Å². The van der Waals surface area contributed by atoms with Crippen molar-refractivity contribution in [2.24, 2.45) is 0 Å². The minimum atomic E-state index is 0.505. The monoisotopic (exact) mass is 284 g/mol. The summed E-state index contributed by atoms with van der Waals surface area (Å²) in [4.78, 5) is 2.40. The van der Waals surface area contributed by atoms with E-state index >= 15 is 0 Å². The summed E-state index contributed by atoms with van der Waals surface area (Å²) in [6, 6.07) is 9.10. The van der Waals surface area contributed by atoms with Crippen molar-refractivity contribution in [1.29, 1.82) is 0 Å². The predicted octanol–water partition coefficient (Wildman–Crippen LogP) is 3.05. The van der Waals surface area contributed by atoms with Crippen LogP contribution in [0.4, 0.5) is 0 Å². The molecule has 0 spiro atoms. The topological polar surface area (TPSA) is 15.3 Å². The Morgan fingerprint density at radius 2 is 2.19 bits per heavy atom. The van der Waals surface area contributed by atoms with E-state index in [1.165, 1.54) is 5.56 Å². The predicted molar refractivity (Wildman–Crippen MR) is 73.7 cm³/mol. The molecule has 1 atom stereocenters. The Morgan fingerprint density at radius 3 is 2.75 bits per heavy atom. The van der Waals surface area contributed by atoms with Gasteiger partial charge in [-0.1, -0.05) is 35.0 Å². The average Bonchev–Trinajstić information content (AvgIpc) is 2.27. The molecular weight excluding hydrogens is 264 g/mol. The van der Waals surface area contributed by atoms with E-state index in [9.17, 15) is 0 Å². The highest BCUT2D eigenvalue weighted by Gasteiger charge is 2.14. The van der Waals surface area contributed by atoms with Gasteiger partial charge < -0.3 is 5.32 Å². The van der Waals surface area contributed by atoms with Gasteiger partial charge in [-0.05, 0) is 38.2 Å². The third-order valence-electron chi connectivity index (χ3n) is 2.87. The Balaban J connectivity index is 2.73. The van der Waals surface area contributed by atoms with Crippen LogP contribution < -0.4 is 5.32 Å². The number of likely N-dealkylation sites (N-methyl/N-ethyl adjacent to an activating group) is 2. The van der Waals surface area contributed by atoms with Crippen LogP contribution in [-0.4, -0.2) is 32.1 Å². The second kappa shape index (κ2) is 7.05. The summed E-state index contributed by atoms with van der Waals surface area (Å²) in [6.45, 7) is 4.34. The van der Waals surface area contributed by atoms with Crippen molar-refractivity contribution in [3.63, 3.8) is 0 Å². The van der Waals surface area contributed by atoms with Crippen molar-refractivity contribution >= 4 is 15.9 Å². The zero-order chi connectivity index (χ0) is 12.0. The number of rotatable bonds is 6. The largest absolute Gasteiger partial charge is 0.318 e. The van der Waals surface area contributed by atoms with E-state index in [1.807, 2.05) is 7.05 Å². The van der Waals surface area contributed by atoms with Crippen LogP contribution in [0.1, 0.15) is 24.9 Å². The number of nitrogens with zero attached hydrogens (tertiary/aromatic N) is 1. The molecule has 0 amide bonds. The highest BCUT2D eigenvalue weighted by molar-refractivity contribution is 9.10. The van der Waals surface area contributed by atoms with E-state index in [0.717, 1.165) is 24.0 Å². The molecule has 90 valence electrons. The Kier molecular flexibility index (Phi) is 6.03. The van der Waals surface area contributed by atoms with E-state index in [4.69, 9.17) is 0 Å². The quantitative estimate of drug-likeness (QED) is 0.864. The number of nitrogens with one attached hydrogen (secondary N) is 1. The van der Waals surface area contributed by atoms with Gasteiger partial charge in [0.1, 0.15) is 0 Å². The highest BCUT2D eigenvalue weighted by atomic mass is 79.9. The van der Waals surface area contributed by atoms with Gasteiger partial charge in [0.15, 0.2) is 0 Å². The molecule has 0 fully saturated rings. The van der Waals surface area contributed by atoms with E-state index in [0.29, 0.717) is 6.04 Å². The molecule has 1 aromatic carbocycles. The highest BCUT2D eigenvalue weighted by Crippen LogP contribution is 2.24. The van der Waals surface area contributed by atoms with Gasteiger partial charge in [-0.25, -0.2) is 0 Å². The van der Waals surface area contributed by atoms with Crippen LogP contribution in [0.15, 0.2) is 28.7 Å². The molecule has 0 radical (unpaired) electrons. The van der Waals surface area contributed by atoms with Crippen LogP contribution in [-0.2, 0) is 0 Å². The average molecular weight is 285 g/mol.